The molecule has 0 aromatic carbocycles. The Bertz CT molecular complexity index is 172. The van der Waals surface area contributed by atoms with Crippen LogP contribution in [0.2, 0.25) is 0 Å². The van der Waals surface area contributed by atoms with Crippen molar-refractivity contribution in [3.8, 4) is 0 Å². The molecule has 0 saturated heterocycles. The molecule has 1 aliphatic carbocycles. The van der Waals surface area contributed by atoms with Gasteiger partial charge in [-0.2, -0.15) is 0 Å². The molecule has 1 rings (SSSR count). The molecule has 0 nitrogen and oxygen atoms in total. The van der Waals surface area contributed by atoms with Gasteiger partial charge in [0.1, 0.15) is 0 Å². The van der Waals surface area contributed by atoms with Gasteiger partial charge in [0.05, 0.1) is 0 Å². The van der Waals surface area contributed by atoms with Crippen LogP contribution in [0.5, 0.6) is 0 Å². The molecule has 0 aromatic heterocycles. The fraction of sp³-hybridized carbons (Fsp3) is 0.500. The molecule has 0 atom stereocenters. The van der Waals surface area contributed by atoms with Gasteiger partial charge in [0.25, 0.3) is 0 Å². The Hall–Kier alpha value is -0.780. The van der Waals surface area contributed by atoms with Crippen LogP contribution in [0.15, 0.2) is 36.5 Å². The van der Waals surface area contributed by atoms with Crippen LogP contribution in [-0.4, -0.2) is 0 Å². The minimum absolute atomic E-state index is 1.18. The predicted molar refractivity (Wildman–Crippen MR) is 55.1 cm³/mol. The van der Waals surface area contributed by atoms with E-state index in [2.05, 4.69) is 36.5 Å². The number of hydrogen-bond acceptors (Lipinski definition) is 0. The van der Waals surface area contributed by atoms with E-state index in [4.69, 9.17) is 0 Å². The average molecular weight is 162 g/mol. The fourth-order valence-corrected chi connectivity index (χ4v) is 1.30. The Labute approximate surface area is 75.7 Å². The molecule has 0 amide bonds. The normalized spacial score (nSPS) is 25.3. The molecule has 0 spiro atoms. The maximum absolute atomic E-state index is 2.32. The van der Waals surface area contributed by atoms with Gasteiger partial charge in [-0.25, -0.2) is 0 Å². The van der Waals surface area contributed by atoms with Crippen molar-refractivity contribution in [1.82, 2.24) is 0 Å². The lowest BCUT2D eigenvalue weighted by molar-refractivity contribution is 0.760. The van der Waals surface area contributed by atoms with Crippen LogP contribution in [0.3, 0.4) is 0 Å². The van der Waals surface area contributed by atoms with Crippen LogP contribution in [0, 0.1) is 0 Å². The summed E-state index contributed by atoms with van der Waals surface area (Å²) in [5, 5.41) is 0. The Balaban J connectivity index is 2.31. The van der Waals surface area contributed by atoms with E-state index in [1.807, 2.05) is 0 Å². The molecule has 1 aliphatic rings. The second kappa shape index (κ2) is 6.90. The summed E-state index contributed by atoms with van der Waals surface area (Å²) in [4.78, 5) is 0. The Morgan fingerprint density at radius 3 is 1.83 bits per heavy atom. The molecular formula is C12H18. The van der Waals surface area contributed by atoms with E-state index >= 15 is 0 Å². The summed E-state index contributed by atoms with van der Waals surface area (Å²) < 4.78 is 0. The Morgan fingerprint density at radius 2 is 1.00 bits per heavy atom. The van der Waals surface area contributed by atoms with Gasteiger partial charge in [-0.1, -0.05) is 36.5 Å². The minimum Gasteiger partial charge on any atom is -0.0885 e. The van der Waals surface area contributed by atoms with E-state index in [0.717, 1.165) is 0 Å². The summed E-state index contributed by atoms with van der Waals surface area (Å²) in [6.45, 7) is 0. The smallest absolute Gasteiger partial charge is 0.0313 e. The van der Waals surface area contributed by atoms with Crippen molar-refractivity contribution in [1.29, 1.82) is 0 Å². The molecule has 0 aromatic rings. The number of hydrogen-bond donors (Lipinski definition) is 0. The molecule has 66 valence electrons. The highest BCUT2D eigenvalue weighted by atomic mass is 13.9. The predicted octanol–water partition coefficient (Wildman–Crippen LogP) is 4.01. The lowest BCUT2D eigenvalue weighted by Crippen LogP contribution is -1.74. The van der Waals surface area contributed by atoms with Crippen LogP contribution in [-0.2, 0) is 0 Å². The summed E-state index contributed by atoms with van der Waals surface area (Å²) in [5.74, 6) is 0. The van der Waals surface area contributed by atoms with E-state index in [1.54, 1.807) is 0 Å². The zero-order valence-corrected chi connectivity index (χ0v) is 7.71. The van der Waals surface area contributed by atoms with Gasteiger partial charge in [0.2, 0.25) is 0 Å². The highest BCUT2D eigenvalue weighted by Crippen LogP contribution is 2.04. The van der Waals surface area contributed by atoms with Crippen LogP contribution in [0.25, 0.3) is 0 Å². The van der Waals surface area contributed by atoms with Gasteiger partial charge in [-0.3, -0.25) is 0 Å². The van der Waals surface area contributed by atoms with Crippen molar-refractivity contribution in [2.45, 2.75) is 38.5 Å². The molecule has 0 fully saturated rings. The van der Waals surface area contributed by atoms with Crippen LogP contribution in [0.1, 0.15) is 38.5 Å². The molecule has 0 heterocycles. The topological polar surface area (TPSA) is 0 Å². The highest BCUT2D eigenvalue weighted by molar-refractivity contribution is 5.03. The SMILES string of the molecule is C1=CCCCC/C=C/C=C\CC1. The van der Waals surface area contributed by atoms with Crippen molar-refractivity contribution >= 4 is 0 Å². The highest BCUT2D eigenvalue weighted by Gasteiger charge is 1.84. The summed E-state index contributed by atoms with van der Waals surface area (Å²) in [7, 11) is 0. The maximum atomic E-state index is 2.32. The number of rotatable bonds is 0. The summed E-state index contributed by atoms with van der Waals surface area (Å²) >= 11 is 0. The zero-order chi connectivity index (χ0) is 8.49. The van der Waals surface area contributed by atoms with Crippen molar-refractivity contribution in [2.75, 3.05) is 0 Å². The largest absolute Gasteiger partial charge is 0.0885 e. The standard InChI is InChI=1S/C12H18/c1-2-4-6-8-10-12-11-9-7-5-3-1/h1-4,9,11H,5-8,10,12H2/b3-1-,4-2+,11-9?. The lowest BCUT2D eigenvalue weighted by atomic mass is 10.1. The van der Waals surface area contributed by atoms with E-state index in [0.29, 0.717) is 0 Å². The third kappa shape index (κ3) is 4.95. The van der Waals surface area contributed by atoms with Gasteiger partial charge in [-0.05, 0) is 38.5 Å². The molecule has 0 bridgehead atoms. The van der Waals surface area contributed by atoms with Crippen LogP contribution < -0.4 is 0 Å². The van der Waals surface area contributed by atoms with E-state index in [1.165, 1.54) is 38.5 Å². The van der Waals surface area contributed by atoms with Crippen molar-refractivity contribution < 1.29 is 0 Å². The maximum Gasteiger partial charge on any atom is -0.0313 e. The average Bonchev–Trinajstić information content (AvgIpc) is 2.05. The van der Waals surface area contributed by atoms with E-state index in [9.17, 15) is 0 Å². The molecular weight excluding hydrogens is 144 g/mol. The second-order valence-electron chi connectivity index (χ2n) is 3.19. The van der Waals surface area contributed by atoms with Gasteiger partial charge < -0.3 is 0 Å². The van der Waals surface area contributed by atoms with Crippen molar-refractivity contribution in [2.24, 2.45) is 0 Å². The second-order valence-corrected chi connectivity index (χ2v) is 3.19. The van der Waals surface area contributed by atoms with Crippen molar-refractivity contribution in [3.05, 3.63) is 36.5 Å². The Kier molecular flexibility index (Phi) is 5.35. The first-order valence-corrected chi connectivity index (χ1v) is 4.97. The lowest BCUT2D eigenvalue weighted by Gasteiger charge is -1.94. The van der Waals surface area contributed by atoms with Crippen LogP contribution >= 0.6 is 0 Å². The molecule has 0 unspecified atom stereocenters. The first-order chi connectivity index (χ1) is 6.00. The third-order valence-electron chi connectivity index (χ3n) is 2.04. The fourth-order valence-electron chi connectivity index (χ4n) is 1.30. The molecule has 0 saturated carbocycles. The molecule has 0 heteroatoms. The van der Waals surface area contributed by atoms with E-state index in [-0.39, 0.29) is 0 Å². The van der Waals surface area contributed by atoms with Gasteiger partial charge in [-0.15, -0.1) is 0 Å². The monoisotopic (exact) mass is 162 g/mol. The van der Waals surface area contributed by atoms with Gasteiger partial charge in [0, 0.05) is 0 Å². The number of allylic oxidation sites excluding steroid dienone is 6. The first kappa shape index (κ1) is 9.31. The molecule has 0 radical (unpaired) electrons. The van der Waals surface area contributed by atoms with E-state index < -0.39 is 0 Å². The van der Waals surface area contributed by atoms with Gasteiger partial charge in [0.15, 0.2) is 0 Å². The minimum atomic E-state index is 1.18. The first-order valence-electron chi connectivity index (χ1n) is 4.97. The Morgan fingerprint density at radius 1 is 0.500 bits per heavy atom. The van der Waals surface area contributed by atoms with Gasteiger partial charge >= 0.3 is 0 Å². The zero-order valence-electron chi connectivity index (χ0n) is 7.71. The summed E-state index contributed by atoms with van der Waals surface area (Å²) in [6.07, 6.45) is 21.0. The molecule has 12 heavy (non-hydrogen) atoms. The van der Waals surface area contributed by atoms with Crippen LogP contribution in [0.4, 0.5) is 0 Å². The van der Waals surface area contributed by atoms with Crippen molar-refractivity contribution in [3.63, 3.8) is 0 Å². The summed E-state index contributed by atoms with van der Waals surface area (Å²) in [5.41, 5.74) is 0. The summed E-state index contributed by atoms with van der Waals surface area (Å²) in [6, 6.07) is 0. The molecule has 0 N–H and O–H groups in total. The quantitative estimate of drug-likeness (QED) is 0.472. The molecule has 0 aliphatic heterocycles. The third-order valence-corrected chi connectivity index (χ3v) is 2.04.